The third-order valence-electron chi connectivity index (χ3n) is 2.72. The first-order valence-electron chi connectivity index (χ1n) is 6.13. The molecule has 5 nitrogen and oxygen atoms in total. The Labute approximate surface area is 107 Å². The number of nitrogens with one attached hydrogen (secondary N) is 1. The zero-order chi connectivity index (χ0) is 13.2. The largest absolute Gasteiger partial charge is 0.356 e. The molecule has 18 heavy (non-hydrogen) atoms. The zero-order valence-electron chi connectivity index (χ0n) is 10.5. The van der Waals surface area contributed by atoms with Crippen LogP contribution in [-0.4, -0.2) is 19.0 Å². The molecule has 1 aromatic rings. The normalized spacial score (nSPS) is 11.4. The van der Waals surface area contributed by atoms with Crippen LogP contribution in [0.25, 0.3) is 10.4 Å². The lowest BCUT2D eigenvalue weighted by atomic mass is 9.96. The number of azide groups is 1. The standard InChI is InChI=1S/C13H18N4O/c1-2-12(11-7-4-3-5-8-11)13(18)15-9-6-10-16-17-14/h3-5,7-8,12H,2,6,9-10H2,1H3,(H,15,18). The Morgan fingerprint density at radius 3 is 2.78 bits per heavy atom. The molecule has 1 N–H and O–H groups in total. The van der Waals surface area contributed by atoms with Crippen molar-refractivity contribution in [1.82, 2.24) is 5.32 Å². The predicted octanol–water partition coefficient (Wildman–Crippen LogP) is 3.00. The van der Waals surface area contributed by atoms with E-state index in [2.05, 4.69) is 15.3 Å². The molecule has 0 heterocycles. The molecule has 0 fully saturated rings. The molecule has 5 heteroatoms. The van der Waals surface area contributed by atoms with Crippen LogP contribution < -0.4 is 5.32 Å². The predicted molar refractivity (Wildman–Crippen MR) is 71.1 cm³/mol. The highest BCUT2D eigenvalue weighted by molar-refractivity contribution is 5.83. The van der Waals surface area contributed by atoms with Gasteiger partial charge < -0.3 is 5.32 Å². The van der Waals surface area contributed by atoms with Crippen LogP contribution in [0.3, 0.4) is 0 Å². The molecule has 96 valence electrons. The molecule has 0 radical (unpaired) electrons. The molecule has 1 unspecified atom stereocenters. The molecular weight excluding hydrogens is 228 g/mol. The van der Waals surface area contributed by atoms with Gasteiger partial charge in [-0.2, -0.15) is 0 Å². The minimum atomic E-state index is -0.106. The van der Waals surface area contributed by atoms with Gasteiger partial charge in [0.2, 0.25) is 5.91 Å². The molecule has 1 aromatic carbocycles. The molecule has 0 bridgehead atoms. The third-order valence-corrected chi connectivity index (χ3v) is 2.72. The van der Waals surface area contributed by atoms with Crippen molar-refractivity contribution < 1.29 is 4.79 Å². The number of benzene rings is 1. The van der Waals surface area contributed by atoms with E-state index in [1.165, 1.54) is 0 Å². The lowest BCUT2D eigenvalue weighted by molar-refractivity contribution is -0.122. The van der Waals surface area contributed by atoms with Gasteiger partial charge in [0, 0.05) is 18.0 Å². The van der Waals surface area contributed by atoms with Gasteiger partial charge in [0.15, 0.2) is 0 Å². The summed E-state index contributed by atoms with van der Waals surface area (Å²) in [7, 11) is 0. The summed E-state index contributed by atoms with van der Waals surface area (Å²) in [5.74, 6) is -0.0738. The Hall–Kier alpha value is -2.00. The van der Waals surface area contributed by atoms with Gasteiger partial charge in [-0.25, -0.2) is 0 Å². The molecule has 1 rings (SSSR count). The summed E-state index contributed by atoms with van der Waals surface area (Å²) in [6, 6.07) is 9.75. The number of carbonyl (C=O) groups is 1. The quantitative estimate of drug-likeness (QED) is 0.341. The van der Waals surface area contributed by atoms with Gasteiger partial charge in [0.1, 0.15) is 0 Å². The molecule has 1 atom stereocenters. The van der Waals surface area contributed by atoms with E-state index in [0.29, 0.717) is 19.5 Å². The molecule has 0 aliphatic carbocycles. The van der Waals surface area contributed by atoms with Crippen LogP contribution in [0, 0.1) is 0 Å². The third kappa shape index (κ3) is 4.47. The molecule has 0 aromatic heterocycles. The van der Waals surface area contributed by atoms with Gasteiger partial charge in [-0.05, 0) is 23.9 Å². The second-order valence-corrected chi connectivity index (χ2v) is 3.97. The Kier molecular flexibility index (Phi) is 6.36. The van der Waals surface area contributed by atoms with Gasteiger partial charge in [-0.15, -0.1) is 0 Å². The van der Waals surface area contributed by atoms with Crippen molar-refractivity contribution in [3.63, 3.8) is 0 Å². The van der Waals surface area contributed by atoms with E-state index in [0.717, 1.165) is 12.0 Å². The van der Waals surface area contributed by atoms with Crippen molar-refractivity contribution in [3.05, 3.63) is 46.3 Å². The number of amides is 1. The SMILES string of the molecule is CCC(C(=O)NCCCN=[N+]=[N-])c1ccccc1. The molecule has 0 aliphatic heterocycles. The monoisotopic (exact) mass is 246 g/mol. The highest BCUT2D eigenvalue weighted by Gasteiger charge is 2.17. The topological polar surface area (TPSA) is 77.9 Å². The number of nitrogens with zero attached hydrogens (tertiary/aromatic N) is 3. The van der Waals surface area contributed by atoms with Gasteiger partial charge in [0.25, 0.3) is 0 Å². The highest BCUT2D eigenvalue weighted by atomic mass is 16.1. The van der Waals surface area contributed by atoms with Crippen molar-refractivity contribution >= 4 is 5.91 Å². The second kappa shape index (κ2) is 8.14. The molecule has 0 saturated carbocycles. The van der Waals surface area contributed by atoms with Crippen molar-refractivity contribution in [2.45, 2.75) is 25.7 Å². The smallest absolute Gasteiger partial charge is 0.227 e. The van der Waals surface area contributed by atoms with E-state index in [1.54, 1.807) is 0 Å². The maximum absolute atomic E-state index is 12.0. The Morgan fingerprint density at radius 1 is 1.44 bits per heavy atom. The Morgan fingerprint density at radius 2 is 2.17 bits per heavy atom. The molecule has 0 saturated heterocycles. The summed E-state index contributed by atoms with van der Waals surface area (Å²) >= 11 is 0. The number of carbonyl (C=O) groups excluding carboxylic acids is 1. The van der Waals surface area contributed by atoms with Crippen LogP contribution in [-0.2, 0) is 4.79 Å². The summed E-state index contributed by atoms with van der Waals surface area (Å²) in [6.07, 6.45) is 1.44. The van der Waals surface area contributed by atoms with Crippen LogP contribution in [0.5, 0.6) is 0 Å². The van der Waals surface area contributed by atoms with Crippen molar-refractivity contribution in [3.8, 4) is 0 Å². The molecule has 1 amide bonds. The van der Waals surface area contributed by atoms with E-state index in [4.69, 9.17) is 5.53 Å². The first kappa shape index (κ1) is 14.1. The fourth-order valence-electron chi connectivity index (χ4n) is 1.79. The maximum atomic E-state index is 12.0. The maximum Gasteiger partial charge on any atom is 0.227 e. The summed E-state index contributed by atoms with van der Waals surface area (Å²) in [6.45, 7) is 2.96. The average molecular weight is 246 g/mol. The second-order valence-electron chi connectivity index (χ2n) is 3.97. The summed E-state index contributed by atoms with van der Waals surface area (Å²) in [4.78, 5) is 14.7. The Balaban J connectivity index is 2.45. The fraction of sp³-hybridized carbons (Fsp3) is 0.462. The summed E-state index contributed by atoms with van der Waals surface area (Å²) < 4.78 is 0. The molecule has 0 aliphatic rings. The van der Waals surface area contributed by atoms with Crippen LogP contribution >= 0.6 is 0 Å². The molecule has 0 spiro atoms. The van der Waals surface area contributed by atoms with Gasteiger partial charge in [0.05, 0.1) is 5.92 Å². The van der Waals surface area contributed by atoms with Crippen LogP contribution in [0.1, 0.15) is 31.2 Å². The van der Waals surface area contributed by atoms with E-state index >= 15 is 0 Å². The van der Waals surface area contributed by atoms with Gasteiger partial charge in [-0.3, -0.25) is 4.79 Å². The highest BCUT2D eigenvalue weighted by Crippen LogP contribution is 2.18. The van der Waals surface area contributed by atoms with Gasteiger partial charge in [-0.1, -0.05) is 42.4 Å². The van der Waals surface area contributed by atoms with E-state index in [1.807, 2.05) is 37.3 Å². The number of hydrogen-bond acceptors (Lipinski definition) is 2. The first-order chi connectivity index (χ1) is 8.79. The molecular formula is C13H18N4O. The van der Waals surface area contributed by atoms with Crippen LogP contribution in [0.15, 0.2) is 35.4 Å². The van der Waals surface area contributed by atoms with Crippen LogP contribution in [0.2, 0.25) is 0 Å². The lowest BCUT2D eigenvalue weighted by Gasteiger charge is -2.15. The van der Waals surface area contributed by atoms with Crippen LogP contribution in [0.4, 0.5) is 0 Å². The number of rotatable bonds is 7. The van der Waals surface area contributed by atoms with Crippen molar-refractivity contribution in [2.75, 3.05) is 13.1 Å². The lowest BCUT2D eigenvalue weighted by Crippen LogP contribution is -2.30. The Bertz CT molecular complexity index is 412. The zero-order valence-corrected chi connectivity index (χ0v) is 10.5. The minimum absolute atomic E-state index is 0.0321. The fourth-order valence-corrected chi connectivity index (χ4v) is 1.79. The number of hydrogen-bond donors (Lipinski definition) is 1. The van der Waals surface area contributed by atoms with Crippen molar-refractivity contribution in [1.29, 1.82) is 0 Å². The van der Waals surface area contributed by atoms with Gasteiger partial charge >= 0.3 is 0 Å². The summed E-state index contributed by atoms with van der Waals surface area (Å²) in [5, 5.41) is 6.29. The van der Waals surface area contributed by atoms with E-state index < -0.39 is 0 Å². The van der Waals surface area contributed by atoms with Crippen molar-refractivity contribution in [2.24, 2.45) is 5.11 Å². The average Bonchev–Trinajstić information content (AvgIpc) is 2.40. The van der Waals surface area contributed by atoms with E-state index in [-0.39, 0.29) is 11.8 Å². The first-order valence-corrected chi connectivity index (χ1v) is 6.13. The minimum Gasteiger partial charge on any atom is -0.356 e. The van der Waals surface area contributed by atoms with E-state index in [9.17, 15) is 4.79 Å². The summed E-state index contributed by atoms with van der Waals surface area (Å²) in [5.41, 5.74) is 9.16.